The Morgan fingerprint density at radius 2 is 1.01 bits per heavy atom. The Bertz CT molecular complexity index is 4900. The highest BCUT2D eigenvalue weighted by molar-refractivity contribution is 7.86. The van der Waals surface area contributed by atoms with Crippen molar-refractivity contribution in [3.63, 3.8) is 0 Å². The molecule has 6 aromatic rings. The van der Waals surface area contributed by atoms with Crippen molar-refractivity contribution < 1.29 is 110 Å². The van der Waals surface area contributed by atoms with Crippen LogP contribution in [-0.4, -0.2) is 189 Å². The molecule has 0 bridgehead atoms. The molecule has 100 heavy (non-hydrogen) atoms. The number of nitrogens with one attached hydrogen (secondary N) is 4. The van der Waals surface area contributed by atoms with Gasteiger partial charge in [0.25, 0.3) is 54.0 Å². The van der Waals surface area contributed by atoms with Crippen molar-refractivity contribution in [1.29, 1.82) is 0 Å². The number of aromatic nitrogens is 2. The Morgan fingerprint density at radius 1 is 0.580 bits per heavy atom. The molecule has 4 amide bonds. The van der Waals surface area contributed by atoms with E-state index in [1.165, 1.54) is 12.1 Å². The SMILES string of the molecule is CCCCCN1/C(=C/C=C/C2=[N+](CCCS(=O)(=O)[O-])c3ccc4cc(-c5cc(C(=O)NCC)nc(C(=O)NCC)c5)ccc4c3C2(C)CS(=O)(=O)O)C(C)(C)c2c1ccc1cc(-c3cc(C(=O)NCCS(=O)(=O)O)nc(C(=O)NCCS(=O)(=O)O)c3)ccc21.O=C=O.O=S(=O)=O.O=S(=O)=O. The van der Waals surface area contributed by atoms with E-state index in [1.807, 2.05) is 36.4 Å². The molecule has 32 nitrogen and oxygen atoms in total. The number of hydrogen-bond donors (Lipinski definition) is 7. The molecule has 2 aliphatic heterocycles. The molecule has 1 atom stereocenters. The molecule has 0 fully saturated rings. The van der Waals surface area contributed by atoms with Crippen LogP contribution in [0, 0.1) is 0 Å². The van der Waals surface area contributed by atoms with Crippen LogP contribution >= 0.6 is 0 Å². The molecule has 0 saturated carbocycles. The molecule has 0 saturated heterocycles. The lowest BCUT2D eigenvalue weighted by atomic mass is 9.78. The van der Waals surface area contributed by atoms with Gasteiger partial charge in [-0.15, -0.1) is 25.3 Å². The fourth-order valence-corrected chi connectivity index (χ4v) is 13.9. The fraction of sp³-hybridized carbons (Fsp3) is 0.355. The number of rotatable bonds is 26. The Balaban J connectivity index is 0.00000153. The minimum atomic E-state index is -4.78. The summed E-state index contributed by atoms with van der Waals surface area (Å²) in [6.45, 7) is 11.6. The smallest absolute Gasteiger partial charge is 0.425 e. The van der Waals surface area contributed by atoms with E-state index >= 15 is 0 Å². The lowest BCUT2D eigenvalue weighted by molar-refractivity contribution is -0.437. The van der Waals surface area contributed by atoms with Crippen molar-refractivity contribution in [3.05, 3.63) is 143 Å². The minimum absolute atomic E-state index is 0.0135. The molecule has 4 aromatic carbocycles. The molecule has 2 aromatic heterocycles. The second kappa shape index (κ2) is 34.7. The monoisotopic (exact) mass is 1500 g/mol. The van der Waals surface area contributed by atoms with Gasteiger partial charge < -0.3 is 30.7 Å². The lowest BCUT2D eigenvalue weighted by Crippen LogP contribution is -2.38. The number of carbonyl (C=O) groups excluding carboxylic acids is 6. The highest BCUT2D eigenvalue weighted by Gasteiger charge is 2.51. The normalized spacial score (nSPS) is 15.1. The summed E-state index contributed by atoms with van der Waals surface area (Å²) in [6.07, 6.45) is 8.20. The second-order valence-electron chi connectivity index (χ2n) is 22.9. The number of anilines is 1. The van der Waals surface area contributed by atoms with Crippen LogP contribution in [0.1, 0.15) is 120 Å². The molecule has 0 radical (unpaired) electrons. The molecule has 38 heteroatoms. The molecule has 8 rings (SSSR count). The lowest BCUT2D eigenvalue weighted by Gasteiger charge is -2.27. The first-order chi connectivity index (χ1) is 46.6. The zero-order chi connectivity index (χ0) is 74.9. The van der Waals surface area contributed by atoms with Gasteiger partial charge in [0, 0.05) is 79.4 Å². The summed E-state index contributed by atoms with van der Waals surface area (Å²) in [5.41, 5.74) is 3.19. The van der Waals surface area contributed by atoms with E-state index in [1.54, 1.807) is 80.0 Å². The van der Waals surface area contributed by atoms with E-state index in [2.05, 4.69) is 56.9 Å². The van der Waals surface area contributed by atoms with Crippen LogP contribution in [0.5, 0.6) is 0 Å². The van der Waals surface area contributed by atoms with Crippen LogP contribution in [0.4, 0.5) is 11.4 Å². The summed E-state index contributed by atoms with van der Waals surface area (Å²) in [5.74, 6) is -5.85. The van der Waals surface area contributed by atoms with Crippen LogP contribution in [0.3, 0.4) is 0 Å². The molecule has 2 aliphatic rings. The van der Waals surface area contributed by atoms with Crippen molar-refractivity contribution >= 4 is 130 Å². The first kappa shape index (κ1) is 81.5. The highest BCUT2D eigenvalue weighted by Crippen LogP contribution is 2.52. The van der Waals surface area contributed by atoms with Crippen molar-refractivity contribution in [1.82, 2.24) is 31.2 Å². The molecule has 1 unspecified atom stereocenters. The highest BCUT2D eigenvalue weighted by atomic mass is 32.2. The fourth-order valence-electron chi connectivity index (χ4n) is 11.7. The van der Waals surface area contributed by atoms with Crippen LogP contribution in [-0.2, 0) is 82.1 Å². The molecule has 7 N–H and O–H groups in total. The largest absolute Gasteiger partial charge is 0.748 e. The number of nitrogens with zero attached hydrogens (tertiary/aromatic N) is 4. The van der Waals surface area contributed by atoms with Crippen molar-refractivity contribution in [2.45, 2.75) is 78.1 Å². The Labute approximate surface area is 578 Å². The Kier molecular flexibility index (Phi) is 28.3. The minimum Gasteiger partial charge on any atom is -0.748 e. The first-order valence-corrected chi connectivity index (χ1v) is 38.5. The third kappa shape index (κ3) is 22.4. The summed E-state index contributed by atoms with van der Waals surface area (Å²) in [5, 5.41) is 12.9. The molecular weight excluding hydrogens is 1430 g/mol. The maximum Gasteiger partial charge on any atom is 0.425 e. The van der Waals surface area contributed by atoms with Gasteiger partial charge in [0.2, 0.25) is 5.69 Å². The molecule has 538 valence electrons. The van der Waals surface area contributed by atoms with Crippen LogP contribution in [0.2, 0.25) is 0 Å². The second-order valence-corrected chi connectivity index (χ2v) is 29.9. The van der Waals surface area contributed by atoms with E-state index in [-0.39, 0.29) is 41.9 Å². The summed E-state index contributed by atoms with van der Waals surface area (Å²) in [4.78, 5) is 79.9. The van der Waals surface area contributed by atoms with E-state index in [9.17, 15) is 71.1 Å². The molecular formula is C62H70N8O24S6. The van der Waals surface area contributed by atoms with Gasteiger partial charge in [-0.05, 0) is 131 Å². The average molecular weight is 1500 g/mol. The molecule has 0 aliphatic carbocycles. The van der Waals surface area contributed by atoms with Crippen LogP contribution in [0.15, 0.2) is 109 Å². The standard InChI is InChI=1S/C61H70N8O16S4.CO2.2O3S/c1-7-10-11-26-68-50-22-18-40-31-38(43-35-48(58(72)64-24-29-87(77,78)79)67-49(36-43)59(73)65-25-30-88(80,81)82)16-20-44(40)54(50)60(4,5)52(68)14-12-15-53-61(6,37-89(83,84)85)55-45-21-17-39(32-41(45)19-23-51(55)69(53)27-13-28-86(74,75)76)42-33-46(56(70)62-8-2)66-47(34-42)57(71)63-9-3;2-1-3;2*1-4(2)3/h12,14-23,31-36H,7-11,13,24-30,37H2,1-6H3,(H7-,62,63,64,65,70,71,72,73,74,75,76,77,78,79,80,81,82,83,84,85);;;. The van der Waals surface area contributed by atoms with Gasteiger partial charge in [-0.25, -0.2) is 18.4 Å². The van der Waals surface area contributed by atoms with E-state index < -0.39 is 132 Å². The number of unbranched alkanes of at least 4 members (excludes halogenated alkanes) is 2. The first-order valence-electron chi connectivity index (χ1n) is 30.1. The van der Waals surface area contributed by atoms with Gasteiger partial charge >= 0.3 is 27.4 Å². The zero-order valence-electron chi connectivity index (χ0n) is 54.4. The van der Waals surface area contributed by atoms with Gasteiger partial charge in [0.15, 0.2) is 5.71 Å². The van der Waals surface area contributed by atoms with Gasteiger partial charge in [0.05, 0.1) is 27.4 Å². The quantitative estimate of drug-likeness (QED) is 0.0230. The Hall–Kier alpha value is -9.21. The number of benzene rings is 4. The van der Waals surface area contributed by atoms with E-state index in [0.717, 1.165) is 47.0 Å². The molecule has 0 spiro atoms. The summed E-state index contributed by atoms with van der Waals surface area (Å²) in [6, 6.07) is 24.3. The number of amides is 4. The maximum atomic E-state index is 13.4. The van der Waals surface area contributed by atoms with Crippen LogP contribution < -0.4 is 26.2 Å². The number of pyridine rings is 2. The van der Waals surface area contributed by atoms with Gasteiger partial charge in [-0.2, -0.15) is 39.4 Å². The predicted molar refractivity (Wildman–Crippen MR) is 362 cm³/mol. The zero-order valence-corrected chi connectivity index (χ0v) is 59.3. The van der Waals surface area contributed by atoms with Gasteiger partial charge in [-0.3, -0.25) is 32.8 Å². The third-order valence-corrected chi connectivity index (χ3v) is 18.7. The Morgan fingerprint density at radius 3 is 1.42 bits per heavy atom. The number of allylic oxidation sites excluding steroid dienone is 4. The van der Waals surface area contributed by atoms with E-state index in [4.69, 9.17) is 34.8 Å². The van der Waals surface area contributed by atoms with Gasteiger partial charge in [-0.1, -0.05) is 70.0 Å². The van der Waals surface area contributed by atoms with Crippen LogP contribution in [0.25, 0.3) is 43.8 Å². The van der Waals surface area contributed by atoms with E-state index in [0.29, 0.717) is 69.6 Å². The third-order valence-electron chi connectivity index (χ3n) is 15.5. The van der Waals surface area contributed by atoms with Crippen molar-refractivity contribution in [2.75, 3.05) is 67.2 Å². The predicted octanol–water partition coefficient (Wildman–Crippen LogP) is 3.87. The van der Waals surface area contributed by atoms with Crippen molar-refractivity contribution in [2.24, 2.45) is 0 Å². The van der Waals surface area contributed by atoms with Crippen molar-refractivity contribution in [3.8, 4) is 22.3 Å². The van der Waals surface area contributed by atoms with Gasteiger partial charge in [0.1, 0.15) is 34.7 Å². The summed E-state index contributed by atoms with van der Waals surface area (Å²) in [7, 11) is -24.6. The topological polar surface area (TPSA) is 505 Å². The number of carbonyl (C=O) groups is 4. The summed E-state index contributed by atoms with van der Waals surface area (Å²) < 4.78 is 190. The molecule has 4 heterocycles. The number of hydrogen-bond acceptors (Lipinski definition) is 24. The summed E-state index contributed by atoms with van der Waals surface area (Å²) >= 11 is 0. The maximum absolute atomic E-state index is 13.4. The average Bonchev–Trinajstić information content (AvgIpc) is 1.56. The number of fused-ring (bicyclic) bond motifs is 6.